The lowest BCUT2D eigenvalue weighted by molar-refractivity contribution is 1.09. The van der Waals surface area contributed by atoms with E-state index in [9.17, 15) is 0 Å². The van der Waals surface area contributed by atoms with Crippen molar-refractivity contribution in [2.75, 3.05) is 0 Å². The summed E-state index contributed by atoms with van der Waals surface area (Å²) in [4.78, 5) is 5.05. The zero-order valence-electron chi connectivity index (χ0n) is 25.5. The smallest absolute Gasteiger partial charge is 0.145 e. The predicted octanol–water partition coefficient (Wildman–Crippen LogP) is 10.9. The average Bonchev–Trinajstić information content (AvgIpc) is 3.79. The summed E-state index contributed by atoms with van der Waals surface area (Å²) in [5, 5.41) is 5.02. The van der Waals surface area contributed by atoms with Crippen LogP contribution in [-0.2, 0) is 0 Å². The molecule has 0 saturated carbocycles. The van der Waals surface area contributed by atoms with Gasteiger partial charge in [0.2, 0.25) is 0 Å². The summed E-state index contributed by atoms with van der Waals surface area (Å²) in [5.74, 6) is 0.938. The average molecular weight is 601 g/mol. The molecule has 0 aliphatic rings. The first-order chi connectivity index (χ1) is 23.3. The monoisotopic (exact) mass is 600 g/mol. The molecule has 0 amide bonds. The van der Waals surface area contributed by atoms with Crippen molar-refractivity contribution >= 4 is 54.6 Å². The molecule has 3 aromatic heterocycles. The van der Waals surface area contributed by atoms with Crippen molar-refractivity contribution in [2.24, 2.45) is 0 Å². The highest BCUT2D eigenvalue weighted by Crippen LogP contribution is 2.40. The van der Waals surface area contributed by atoms with Crippen LogP contribution < -0.4 is 0 Å². The SMILES string of the molecule is c1ccc(-c2nc3ccccc3n2-c2ccc(-n3c4ccccc4c4cc5c6ccccc6n(-c6ccccc6)c5cc43)cc2)cc1. The van der Waals surface area contributed by atoms with Crippen molar-refractivity contribution < 1.29 is 0 Å². The standard InChI is InChI=1S/C43H28N4/c1-3-13-29(14-4-1)43-44-37-19-9-12-22-40(37)47(43)32-25-23-31(24-26-32)46-39-21-11-8-18-34(39)36-27-35-33-17-7-10-20-38(33)45(41(35)28-42(36)46)30-15-5-2-6-16-30/h1-28H. The van der Waals surface area contributed by atoms with E-state index in [1.54, 1.807) is 0 Å². The number of hydrogen-bond acceptors (Lipinski definition) is 1. The van der Waals surface area contributed by atoms with Crippen LogP contribution in [0, 0.1) is 0 Å². The zero-order valence-corrected chi connectivity index (χ0v) is 25.5. The Morgan fingerprint density at radius 2 is 0.787 bits per heavy atom. The van der Waals surface area contributed by atoms with Gasteiger partial charge in [-0.25, -0.2) is 4.98 Å². The molecule has 0 aliphatic carbocycles. The quantitative estimate of drug-likeness (QED) is 0.197. The van der Waals surface area contributed by atoms with E-state index in [2.05, 4.69) is 171 Å². The van der Waals surface area contributed by atoms with Gasteiger partial charge in [-0.05, 0) is 72.8 Å². The molecule has 0 radical (unpaired) electrons. The van der Waals surface area contributed by atoms with E-state index in [1.807, 2.05) is 12.1 Å². The van der Waals surface area contributed by atoms with Crippen LogP contribution >= 0.6 is 0 Å². The molecule has 0 N–H and O–H groups in total. The molecule has 4 nitrogen and oxygen atoms in total. The minimum atomic E-state index is 0.938. The van der Waals surface area contributed by atoms with Crippen molar-refractivity contribution in [3.05, 3.63) is 170 Å². The van der Waals surface area contributed by atoms with Crippen molar-refractivity contribution in [3.8, 4) is 28.5 Å². The topological polar surface area (TPSA) is 27.7 Å². The lowest BCUT2D eigenvalue weighted by atomic mass is 10.1. The number of rotatable bonds is 4. The Kier molecular flexibility index (Phi) is 5.54. The first-order valence-corrected chi connectivity index (χ1v) is 16.0. The van der Waals surface area contributed by atoms with Crippen LogP contribution in [0.1, 0.15) is 0 Å². The zero-order chi connectivity index (χ0) is 30.9. The van der Waals surface area contributed by atoms with E-state index >= 15 is 0 Å². The Balaban J connectivity index is 1.22. The van der Waals surface area contributed by atoms with Gasteiger partial charge in [0.05, 0.1) is 33.1 Å². The number of benzene rings is 7. The molecule has 220 valence electrons. The highest BCUT2D eigenvalue weighted by Gasteiger charge is 2.19. The summed E-state index contributed by atoms with van der Waals surface area (Å²) in [6.07, 6.45) is 0. The first-order valence-electron chi connectivity index (χ1n) is 16.0. The van der Waals surface area contributed by atoms with Crippen LogP contribution in [0.15, 0.2) is 170 Å². The molecule has 10 rings (SSSR count). The molecule has 0 unspecified atom stereocenters. The molecule has 10 aromatic rings. The first kappa shape index (κ1) is 25.9. The molecule has 0 saturated heterocycles. The van der Waals surface area contributed by atoms with E-state index in [0.29, 0.717) is 0 Å². The van der Waals surface area contributed by atoms with Gasteiger partial charge in [-0.3, -0.25) is 4.57 Å². The van der Waals surface area contributed by atoms with E-state index in [0.717, 1.165) is 39.5 Å². The van der Waals surface area contributed by atoms with Crippen LogP contribution in [0.2, 0.25) is 0 Å². The van der Waals surface area contributed by atoms with Gasteiger partial charge in [0, 0.05) is 44.2 Å². The van der Waals surface area contributed by atoms with Crippen molar-refractivity contribution in [2.45, 2.75) is 0 Å². The van der Waals surface area contributed by atoms with Gasteiger partial charge in [0.1, 0.15) is 5.82 Å². The maximum atomic E-state index is 5.05. The molecular weight excluding hydrogens is 573 g/mol. The van der Waals surface area contributed by atoms with Crippen LogP contribution in [0.5, 0.6) is 0 Å². The van der Waals surface area contributed by atoms with Crippen LogP contribution in [0.4, 0.5) is 0 Å². The van der Waals surface area contributed by atoms with Gasteiger partial charge in [-0.15, -0.1) is 0 Å². The largest absolute Gasteiger partial charge is 0.309 e. The Morgan fingerprint density at radius 3 is 1.40 bits per heavy atom. The Hall–Kier alpha value is -6.39. The van der Waals surface area contributed by atoms with Gasteiger partial charge in [0.15, 0.2) is 0 Å². The van der Waals surface area contributed by atoms with Gasteiger partial charge >= 0.3 is 0 Å². The second kappa shape index (κ2) is 10.1. The number of aromatic nitrogens is 4. The summed E-state index contributed by atoms with van der Waals surface area (Å²) in [7, 11) is 0. The van der Waals surface area contributed by atoms with Crippen LogP contribution in [-0.4, -0.2) is 18.7 Å². The van der Waals surface area contributed by atoms with E-state index in [4.69, 9.17) is 4.98 Å². The van der Waals surface area contributed by atoms with Gasteiger partial charge < -0.3 is 9.13 Å². The fraction of sp³-hybridized carbons (Fsp3) is 0. The Labute approximate surface area is 271 Å². The molecule has 47 heavy (non-hydrogen) atoms. The minimum Gasteiger partial charge on any atom is -0.309 e. The van der Waals surface area contributed by atoms with Gasteiger partial charge in [0.25, 0.3) is 0 Å². The Morgan fingerprint density at radius 1 is 0.319 bits per heavy atom. The second-order valence-corrected chi connectivity index (χ2v) is 12.1. The van der Waals surface area contributed by atoms with Crippen molar-refractivity contribution in [3.63, 3.8) is 0 Å². The summed E-state index contributed by atoms with van der Waals surface area (Å²) < 4.78 is 7.07. The summed E-state index contributed by atoms with van der Waals surface area (Å²) >= 11 is 0. The van der Waals surface area contributed by atoms with Crippen molar-refractivity contribution in [1.29, 1.82) is 0 Å². The minimum absolute atomic E-state index is 0.938. The molecule has 0 spiro atoms. The van der Waals surface area contributed by atoms with Crippen LogP contribution in [0.3, 0.4) is 0 Å². The molecule has 4 heteroatoms. The maximum absolute atomic E-state index is 5.05. The number of para-hydroxylation sites is 5. The molecule has 3 heterocycles. The lowest BCUT2D eigenvalue weighted by Crippen LogP contribution is -1.99. The number of fused-ring (bicyclic) bond motifs is 7. The van der Waals surface area contributed by atoms with Gasteiger partial charge in [-0.1, -0.05) is 97.1 Å². The van der Waals surface area contributed by atoms with E-state index < -0.39 is 0 Å². The van der Waals surface area contributed by atoms with Crippen LogP contribution in [0.25, 0.3) is 83.1 Å². The van der Waals surface area contributed by atoms with Crippen molar-refractivity contribution in [1.82, 2.24) is 18.7 Å². The van der Waals surface area contributed by atoms with Gasteiger partial charge in [-0.2, -0.15) is 0 Å². The summed E-state index contributed by atoms with van der Waals surface area (Å²) in [6.45, 7) is 0. The molecule has 7 aromatic carbocycles. The fourth-order valence-electron chi connectivity index (χ4n) is 7.38. The fourth-order valence-corrected chi connectivity index (χ4v) is 7.38. The third kappa shape index (κ3) is 3.85. The third-order valence-electron chi connectivity index (χ3n) is 9.44. The Bertz CT molecular complexity index is 2760. The number of imidazole rings is 1. The molecule has 0 atom stereocenters. The maximum Gasteiger partial charge on any atom is 0.145 e. The molecule has 0 aliphatic heterocycles. The third-order valence-corrected chi connectivity index (χ3v) is 9.44. The molecular formula is C43H28N4. The summed E-state index contributed by atoms with van der Waals surface area (Å²) in [6, 6.07) is 60.6. The normalized spacial score (nSPS) is 11.8. The lowest BCUT2D eigenvalue weighted by Gasteiger charge is -2.13. The predicted molar refractivity (Wildman–Crippen MR) is 195 cm³/mol. The summed E-state index contributed by atoms with van der Waals surface area (Å²) in [5.41, 5.74) is 11.3. The second-order valence-electron chi connectivity index (χ2n) is 12.1. The van der Waals surface area contributed by atoms with E-state index in [1.165, 1.54) is 43.6 Å². The molecule has 0 fully saturated rings. The highest BCUT2D eigenvalue weighted by molar-refractivity contribution is 6.19. The van der Waals surface area contributed by atoms with E-state index in [-0.39, 0.29) is 0 Å². The molecule has 0 bridgehead atoms. The highest BCUT2D eigenvalue weighted by atomic mass is 15.1. The number of hydrogen-bond donors (Lipinski definition) is 0. The number of nitrogens with zero attached hydrogens (tertiary/aromatic N) is 4.